The third-order valence-corrected chi connectivity index (χ3v) is 6.26. The molecule has 0 radical (unpaired) electrons. The van der Waals surface area contributed by atoms with Crippen LogP contribution in [-0.2, 0) is 0 Å². The van der Waals surface area contributed by atoms with Crippen LogP contribution in [0.1, 0.15) is 42.5 Å². The van der Waals surface area contributed by atoms with Crippen LogP contribution in [0.25, 0.3) is 0 Å². The van der Waals surface area contributed by atoms with E-state index in [0.717, 1.165) is 5.92 Å². The van der Waals surface area contributed by atoms with E-state index in [9.17, 15) is 0 Å². The van der Waals surface area contributed by atoms with Crippen LogP contribution in [-0.4, -0.2) is 24.0 Å². The Bertz CT molecular complexity index is 385. The molecule has 4 heteroatoms. The summed E-state index contributed by atoms with van der Waals surface area (Å²) < 4.78 is 1.22. The maximum absolute atomic E-state index is 6.04. The molecule has 1 fully saturated rings. The number of hydrogen-bond acceptors (Lipinski definition) is 3. The summed E-state index contributed by atoms with van der Waals surface area (Å²) >= 11 is 5.49. The van der Waals surface area contributed by atoms with Gasteiger partial charge in [-0.25, -0.2) is 0 Å². The molecule has 18 heavy (non-hydrogen) atoms. The van der Waals surface area contributed by atoms with E-state index in [1.807, 2.05) is 11.3 Å². The van der Waals surface area contributed by atoms with Gasteiger partial charge in [-0.05, 0) is 61.1 Å². The average Bonchev–Trinajstić information content (AvgIpc) is 2.63. The summed E-state index contributed by atoms with van der Waals surface area (Å²) in [5, 5.41) is 0. The Morgan fingerprint density at radius 2 is 2.28 bits per heavy atom. The van der Waals surface area contributed by atoms with E-state index in [0.29, 0.717) is 18.6 Å². The van der Waals surface area contributed by atoms with Crippen LogP contribution in [0.4, 0.5) is 0 Å². The summed E-state index contributed by atoms with van der Waals surface area (Å²) in [5.74, 6) is 0.853. The van der Waals surface area contributed by atoms with Gasteiger partial charge in [0.25, 0.3) is 0 Å². The molecule has 0 saturated carbocycles. The summed E-state index contributed by atoms with van der Waals surface area (Å²) in [6.45, 7) is 8.75. The Morgan fingerprint density at radius 1 is 1.56 bits per heavy atom. The lowest BCUT2D eigenvalue weighted by Gasteiger charge is -2.41. The van der Waals surface area contributed by atoms with Gasteiger partial charge >= 0.3 is 0 Å². The van der Waals surface area contributed by atoms with Crippen LogP contribution in [0.3, 0.4) is 0 Å². The fraction of sp³-hybridized carbons (Fsp3) is 0.714. The molecule has 0 bridgehead atoms. The number of aryl methyl sites for hydroxylation is 1. The third-order valence-electron chi connectivity index (χ3n) is 4.02. The number of rotatable bonds is 3. The molecule has 102 valence electrons. The standard InChI is InChI=1S/C14H23BrN2S/c1-9-4-5-17(10(2)6-9)13(8-16)14-7-12(15)11(3)18-14/h7,9-10,13H,4-6,8,16H2,1-3H3. The predicted molar refractivity (Wildman–Crippen MR) is 83.1 cm³/mol. The van der Waals surface area contributed by atoms with E-state index in [2.05, 4.69) is 47.7 Å². The molecule has 0 aromatic carbocycles. The Kier molecular flexibility index (Phi) is 4.86. The second-order valence-corrected chi connectivity index (χ2v) is 7.66. The molecule has 0 amide bonds. The van der Waals surface area contributed by atoms with Crippen LogP contribution in [0.15, 0.2) is 10.5 Å². The Morgan fingerprint density at radius 3 is 2.78 bits per heavy atom. The lowest BCUT2D eigenvalue weighted by atomic mass is 9.92. The Balaban J connectivity index is 2.18. The molecule has 2 nitrogen and oxygen atoms in total. The molecule has 1 saturated heterocycles. The van der Waals surface area contributed by atoms with Gasteiger partial charge in [0.2, 0.25) is 0 Å². The van der Waals surface area contributed by atoms with E-state index < -0.39 is 0 Å². The van der Waals surface area contributed by atoms with Gasteiger partial charge in [0.05, 0.1) is 6.04 Å². The molecular weight excluding hydrogens is 308 g/mol. The van der Waals surface area contributed by atoms with E-state index in [1.54, 1.807) is 0 Å². The van der Waals surface area contributed by atoms with Crippen molar-refractivity contribution < 1.29 is 0 Å². The van der Waals surface area contributed by atoms with Gasteiger partial charge in [0, 0.05) is 26.8 Å². The van der Waals surface area contributed by atoms with Crippen LogP contribution in [0.2, 0.25) is 0 Å². The zero-order chi connectivity index (χ0) is 13.3. The highest BCUT2D eigenvalue weighted by atomic mass is 79.9. The molecule has 3 atom stereocenters. The number of thiophene rings is 1. The molecule has 2 N–H and O–H groups in total. The number of piperidine rings is 1. The lowest BCUT2D eigenvalue weighted by molar-refractivity contribution is 0.0863. The number of nitrogens with zero attached hydrogens (tertiary/aromatic N) is 1. The molecule has 1 aliphatic heterocycles. The first-order chi connectivity index (χ1) is 8.52. The van der Waals surface area contributed by atoms with Crippen molar-refractivity contribution in [2.24, 2.45) is 11.7 Å². The first-order valence-corrected chi connectivity index (χ1v) is 8.35. The van der Waals surface area contributed by atoms with Crippen molar-refractivity contribution >= 4 is 27.3 Å². The van der Waals surface area contributed by atoms with Crippen molar-refractivity contribution in [1.82, 2.24) is 4.90 Å². The monoisotopic (exact) mass is 330 g/mol. The molecule has 0 aliphatic carbocycles. The van der Waals surface area contributed by atoms with Crippen molar-refractivity contribution in [2.75, 3.05) is 13.1 Å². The van der Waals surface area contributed by atoms with E-state index in [-0.39, 0.29) is 0 Å². The van der Waals surface area contributed by atoms with Crippen LogP contribution in [0, 0.1) is 12.8 Å². The minimum Gasteiger partial charge on any atom is -0.329 e. The first kappa shape index (κ1) is 14.5. The molecule has 0 spiro atoms. The van der Waals surface area contributed by atoms with Crippen molar-refractivity contribution in [3.8, 4) is 0 Å². The van der Waals surface area contributed by atoms with Gasteiger partial charge in [-0.3, -0.25) is 4.90 Å². The largest absolute Gasteiger partial charge is 0.329 e. The first-order valence-electron chi connectivity index (χ1n) is 6.74. The maximum atomic E-state index is 6.04. The lowest BCUT2D eigenvalue weighted by Crippen LogP contribution is -2.44. The highest BCUT2D eigenvalue weighted by Crippen LogP contribution is 2.36. The highest BCUT2D eigenvalue weighted by molar-refractivity contribution is 9.10. The van der Waals surface area contributed by atoms with E-state index in [1.165, 1.54) is 33.6 Å². The fourth-order valence-corrected chi connectivity index (χ4v) is 4.64. The summed E-state index contributed by atoms with van der Waals surface area (Å²) in [6.07, 6.45) is 2.59. The third kappa shape index (κ3) is 2.98. The Labute approximate surface area is 123 Å². The SMILES string of the molecule is Cc1sc(C(CN)N2CCC(C)CC2C)cc1Br. The highest BCUT2D eigenvalue weighted by Gasteiger charge is 2.30. The van der Waals surface area contributed by atoms with Gasteiger partial charge in [-0.2, -0.15) is 0 Å². The summed E-state index contributed by atoms with van der Waals surface area (Å²) in [4.78, 5) is 5.35. The second-order valence-electron chi connectivity index (χ2n) is 5.52. The minimum atomic E-state index is 0.391. The normalized spacial score (nSPS) is 27.4. The smallest absolute Gasteiger partial charge is 0.0567 e. The van der Waals surface area contributed by atoms with Crippen LogP contribution in [0.5, 0.6) is 0 Å². The summed E-state index contributed by atoms with van der Waals surface area (Å²) in [5.41, 5.74) is 6.04. The number of nitrogens with two attached hydrogens (primary N) is 1. The quantitative estimate of drug-likeness (QED) is 0.909. The number of hydrogen-bond donors (Lipinski definition) is 1. The predicted octanol–water partition coefficient (Wildman–Crippen LogP) is 3.94. The zero-order valence-corrected chi connectivity index (χ0v) is 13.9. The van der Waals surface area contributed by atoms with Crippen molar-refractivity contribution in [1.29, 1.82) is 0 Å². The Hall–Kier alpha value is 0.100. The molecule has 1 aromatic rings. The maximum Gasteiger partial charge on any atom is 0.0567 e. The molecule has 1 aliphatic rings. The summed E-state index contributed by atoms with van der Waals surface area (Å²) in [7, 11) is 0. The van der Waals surface area contributed by atoms with Gasteiger partial charge in [0.1, 0.15) is 0 Å². The van der Waals surface area contributed by atoms with Gasteiger partial charge in [-0.15, -0.1) is 11.3 Å². The van der Waals surface area contributed by atoms with Crippen molar-refractivity contribution in [2.45, 2.75) is 45.7 Å². The van der Waals surface area contributed by atoms with Gasteiger partial charge < -0.3 is 5.73 Å². The number of likely N-dealkylation sites (tertiary alicyclic amines) is 1. The van der Waals surface area contributed by atoms with Crippen molar-refractivity contribution in [3.63, 3.8) is 0 Å². The summed E-state index contributed by atoms with van der Waals surface area (Å²) in [6, 6.07) is 3.29. The van der Waals surface area contributed by atoms with Crippen LogP contribution >= 0.6 is 27.3 Å². The van der Waals surface area contributed by atoms with E-state index >= 15 is 0 Å². The van der Waals surface area contributed by atoms with E-state index in [4.69, 9.17) is 5.73 Å². The molecule has 2 heterocycles. The van der Waals surface area contributed by atoms with Crippen molar-refractivity contribution in [3.05, 3.63) is 20.3 Å². The molecule has 1 aromatic heterocycles. The fourth-order valence-electron chi connectivity index (χ4n) is 2.95. The molecule has 2 rings (SSSR count). The second kappa shape index (κ2) is 6.04. The van der Waals surface area contributed by atoms with Gasteiger partial charge in [-0.1, -0.05) is 6.92 Å². The molecular formula is C14H23BrN2S. The number of halogens is 1. The average molecular weight is 331 g/mol. The molecule has 3 unspecified atom stereocenters. The zero-order valence-electron chi connectivity index (χ0n) is 11.4. The minimum absolute atomic E-state index is 0.391. The van der Waals surface area contributed by atoms with Crippen LogP contribution < -0.4 is 5.73 Å². The topological polar surface area (TPSA) is 29.3 Å². The van der Waals surface area contributed by atoms with Gasteiger partial charge in [0.15, 0.2) is 0 Å².